The third-order valence-corrected chi connectivity index (χ3v) is 3.52. The Bertz CT molecular complexity index is 489. The third-order valence-electron chi connectivity index (χ3n) is 3.52. The lowest BCUT2D eigenvalue weighted by molar-refractivity contribution is -0.137. The molecule has 21 heavy (non-hydrogen) atoms. The lowest BCUT2D eigenvalue weighted by Crippen LogP contribution is -2.29. The minimum Gasteiger partial charge on any atom is -0.493 e. The molecular weight excluding hydrogens is 274 g/mol. The third kappa shape index (κ3) is 3.78. The maximum absolute atomic E-state index is 11.1. The summed E-state index contributed by atoms with van der Waals surface area (Å²) in [4.78, 5) is 11.1. The lowest BCUT2D eigenvalue weighted by Gasteiger charge is -2.25. The van der Waals surface area contributed by atoms with Crippen molar-refractivity contribution in [2.75, 3.05) is 21.3 Å². The molecule has 0 aromatic heterocycles. The molecule has 0 bridgehead atoms. The summed E-state index contributed by atoms with van der Waals surface area (Å²) < 4.78 is 16.0. The number of carboxylic acid groups (broad SMARTS) is 1. The number of nitrogens with two attached hydrogens (primary N) is 1. The molecule has 0 aliphatic carbocycles. The van der Waals surface area contributed by atoms with Gasteiger partial charge in [0.1, 0.15) is 0 Å². The number of carbonyl (C=O) groups is 1. The van der Waals surface area contributed by atoms with Gasteiger partial charge in [-0.25, -0.2) is 0 Å². The van der Waals surface area contributed by atoms with Gasteiger partial charge in [0, 0.05) is 17.5 Å². The summed E-state index contributed by atoms with van der Waals surface area (Å²) in [7, 11) is 4.55. The maximum atomic E-state index is 11.1. The highest BCUT2D eigenvalue weighted by molar-refractivity contribution is 5.69. The smallest absolute Gasteiger partial charge is 0.304 e. The van der Waals surface area contributed by atoms with E-state index in [1.54, 1.807) is 12.1 Å². The van der Waals surface area contributed by atoms with Crippen molar-refractivity contribution in [1.82, 2.24) is 0 Å². The molecule has 0 saturated heterocycles. The van der Waals surface area contributed by atoms with E-state index in [-0.39, 0.29) is 18.4 Å². The molecule has 6 nitrogen and oxygen atoms in total. The number of rotatable bonds is 8. The van der Waals surface area contributed by atoms with E-state index >= 15 is 0 Å². The Hall–Kier alpha value is -1.95. The fourth-order valence-corrected chi connectivity index (χ4v) is 2.38. The molecular formula is C15H23NO5. The van der Waals surface area contributed by atoms with Crippen molar-refractivity contribution >= 4 is 5.97 Å². The SMILES string of the molecule is CCC(N)C(CC(=O)O)c1ccc(OC)c(OC)c1OC. The van der Waals surface area contributed by atoms with E-state index in [0.29, 0.717) is 29.2 Å². The molecule has 0 fully saturated rings. The van der Waals surface area contributed by atoms with Crippen LogP contribution in [0.2, 0.25) is 0 Å². The summed E-state index contributed by atoms with van der Waals surface area (Å²) >= 11 is 0. The summed E-state index contributed by atoms with van der Waals surface area (Å²) in [6.45, 7) is 1.92. The molecule has 118 valence electrons. The van der Waals surface area contributed by atoms with Gasteiger partial charge >= 0.3 is 5.97 Å². The van der Waals surface area contributed by atoms with E-state index in [1.807, 2.05) is 6.92 Å². The highest BCUT2D eigenvalue weighted by atomic mass is 16.5. The minimum atomic E-state index is -0.902. The second kappa shape index (κ2) is 7.73. The molecule has 1 rings (SSSR count). The van der Waals surface area contributed by atoms with Crippen LogP contribution in [0, 0.1) is 0 Å². The molecule has 3 N–H and O–H groups in total. The molecule has 1 aromatic carbocycles. The van der Waals surface area contributed by atoms with Gasteiger partial charge < -0.3 is 25.1 Å². The monoisotopic (exact) mass is 297 g/mol. The normalized spacial score (nSPS) is 13.4. The molecule has 2 atom stereocenters. The first kappa shape index (κ1) is 17.1. The van der Waals surface area contributed by atoms with E-state index in [9.17, 15) is 4.79 Å². The van der Waals surface area contributed by atoms with Gasteiger partial charge in [-0.15, -0.1) is 0 Å². The average Bonchev–Trinajstić information content (AvgIpc) is 2.49. The molecule has 0 saturated carbocycles. The maximum Gasteiger partial charge on any atom is 0.304 e. The Morgan fingerprint density at radius 3 is 2.24 bits per heavy atom. The van der Waals surface area contributed by atoms with E-state index in [1.165, 1.54) is 21.3 Å². The first-order valence-corrected chi connectivity index (χ1v) is 6.76. The Balaban J connectivity index is 3.39. The molecule has 0 aliphatic rings. The van der Waals surface area contributed by atoms with Gasteiger partial charge in [-0.2, -0.15) is 0 Å². The lowest BCUT2D eigenvalue weighted by atomic mass is 9.86. The molecule has 0 aliphatic heterocycles. The van der Waals surface area contributed by atoms with Crippen LogP contribution in [-0.2, 0) is 4.79 Å². The van der Waals surface area contributed by atoms with E-state index in [2.05, 4.69) is 0 Å². The number of hydrogen-bond donors (Lipinski definition) is 2. The van der Waals surface area contributed by atoms with Crippen molar-refractivity contribution in [2.24, 2.45) is 5.73 Å². The first-order valence-electron chi connectivity index (χ1n) is 6.76. The molecule has 0 amide bonds. The summed E-state index contributed by atoms with van der Waals surface area (Å²) in [5.41, 5.74) is 6.81. The Kier molecular flexibility index (Phi) is 6.30. The number of ether oxygens (including phenoxy) is 3. The van der Waals surface area contributed by atoms with Crippen LogP contribution < -0.4 is 19.9 Å². The van der Waals surface area contributed by atoms with Gasteiger partial charge in [0.15, 0.2) is 11.5 Å². The molecule has 0 spiro atoms. The predicted octanol–water partition coefficient (Wildman–Crippen LogP) is 2.01. The van der Waals surface area contributed by atoms with Crippen molar-refractivity contribution in [2.45, 2.75) is 31.7 Å². The van der Waals surface area contributed by atoms with Crippen LogP contribution in [0.15, 0.2) is 12.1 Å². The van der Waals surface area contributed by atoms with Gasteiger partial charge in [0.2, 0.25) is 5.75 Å². The average molecular weight is 297 g/mol. The van der Waals surface area contributed by atoms with Crippen molar-refractivity contribution in [3.63, 3.8) is 0 Å². The standard InChI is InChI=1S/C15H23NO5/c1-5-11(16)10(8-13(17)18)9-6-7-12(19-2)15(21-4)14(9)20-3/h6-7,10-11H,5,8,16H2,1-4H3,(H,17,18). The molecule has 2 unspecified atom stereocenters. The minimum absolute atomic E-state index is 0.0686. The molecule has 6 heteroatoms. The Morgan fingerprint density at radius 1 is 1.19 bits per heavy atom. The van der Waals surface area contributed by atoms with Gasteiger partial charge in [-0.05, 0) is 12.5 Å². The van der Waals surface area contributed by atoms with Gasteiger partial charge in [-0.3, -0.25) is 4.79 Å². The van der Waals surface area contributed by atoms with Crippen molar-refractivity contribution in [1.29, 1.82) is 0 Å². The summed E-state index contributed by atoms with van der Waals surface area (Å²) in [5.74, 6) is 0.170. The fraction of sp³-hybridized carbons (Fsp3) is 0.533. The number of aliphatic carboxylic acids is 1. The van der Waals surface area contributed by atoms with E-state index in [0.717, 1.165) is 0 Å². The number of carboxylic acids is 1. The highest BCUT2D eigenvalue weighted by Crippen LogP contribution is 2.44. The highest BCUT2D eigenvalue weighted by Gasteiger charge is 2.27. The zero-order valence-corrected chi connectivity index (χ0v) is 12.9. The van der Waals surface area contributed by atoms with Crippen LogP contribution in [-0.4, -0.2) is 38.4 Å². The Morgan fingerprint density at radius 2 is 1.81 bits per heavy atom. The number of benzene rings is 1. The van der Waals surface area contributed by atoms with Crippen LogP contribution in [0.1, 0.15) is 31.2 Å². The van der Waals surface area contributed by atoms with Crippen molar-refractivity contribution in [3.8, 4) is 17.2 Å². The van der Waals surface area contributed by atoms with Crippen LogP contribution in [0.4, 0.5) is 0 Å². The zero-order chi connectivity index (χ0) is 16.0. The van der Waals surface area contributed by atoms with E-state index < -0.39 is 5.97 Å². The quantitative estimate of drug-likeness (QED) is 0.762. The summed E-state index contributed by atoms with van der Waals surface area (Å²) in [6.07, 6.45) is 0.594. The number of hydrogen-bond acceptors (Lipinski definition) is 5. The predicted molar refractivity (Wildman–Crippen MR) is 79.4 cm³/mol. The Labute approximate surface area is 124 Å². The molecule has 0 radical (unpaired) electrons. The summed E-state index contributed by atoms with van der Waals surface area (Å²) in [6, 6.07) is 3.23. The zero-order valence-electron chi connectivity index (χ0n) is 12.9. The second-order valence-corrected chi connectivity index (χ2v) is 4.70. The van der Waals surface area contributed by atoms with Crippen LogP contribution >= 0.6 is 0 Å². The fourth-order valence-electron chi connectivity index (χ4n) is 2.38. The van der Waals surface area contributed by atoms with Gasteiger partial charge in [0.05, 0.1) is 27.8 Å². The first-order chi connectivity index (χ1) is 9.99. The second-order valence-electron chi connectivity index (χ2n) is 4.70. The van der Waals surface area contributed by atoms with Crippen molar-refractivity contribution in [3.05, 3.63) is 17.7 Å². The van der Waals surface area contributed by atoms with Crippen LogP contribution in [0.5, 0.6) is 17.2 Å². The topological polar surface area (TPSA) is 91.0 Å². The molecule has 0 heterocycles. The van der Waals surface area contributed by atoms with Crippen LogP contribution in [0.3, 0.4) is 0 Å². The largest absolute Gasteiger partial charge is 0.493 e. The van der Waals surface area contributed by atoms with E-state index in [4.69, 9.17) is 25.1 Å². The van der Waals surface area contributed by atoms with Gasteiger partial charge in [-0.1, -0.05) is 13.0 Å². The number of methoxy groups -OCH3 is 3. The van der Waals surface area contributed by atoms with Gasteiger partial charge in [0.25, 0.3) is 0 Å². The van der Waals surface area contributed by atoms with Crippen LogP contribution in [0.25, 0.3) is 0 Å². The molecule has 1 aromatic rings. The summed E-state index contributed by atoms with van der Waals surface area (Å²) in [5, 5.41) is 9.13. The van der Waals surface area contributed by atoms with Crippen molar-refractivity contribution < 1.29 is 24.1 Å².